The van der Waals surface area contributed by atoms with E-state index in [9.17, 15) is 9.59 Å². The quantitative estimate of drug-likeness (QED) is 0.727. The molecule has 2 amide bonds. The Morgan fingerprint density at radius 2 is 1.83 bits per heavy atom. The van der Waals surface area contributed by atoms with Gasteiger partial charge in [0, 0.05) is 32.3 Å². The van der Waals surface area contributed by atoms with E-state index < -0.39 is 0 Å². The minimum atomic E-state index is -0.350. The van der Waals surface area contributed by atoms with Crippen molar-refractivity contribution in [2.24, 2.45) is 5.92 Å². The van der Waals surface area contributed by atoms with Crippen LogP contribution in [-0.4, -0.2) is 55.3 Å². The molecule has 7 heteroatoms. The van der Waals surface area contributed by atoms with Gasteiger partial charge in [0.15, 0.2) is 0 Å². The van der Waals surface area contributed by atoms with Gasteiger partial charge in [0.1, 0.15) is 6.61 Å². The van der Waals surface area contributed by atoms with E-state index in [1.54, 1.807) is 18.2 Å². The monoisotopic (exact) mass is 397 g/mol. The lowest BCUT2D eigenvalue weighted by atomic mass is 9.94. The fourth-order valence-corrected chi connectivity index (χ4v) is 3.41. The van der Waals surface area contributed by atoms with E-state index in [1.807, 2.05) is 48.5 Å². The van der Waals surface area contributed by atoms with E-state index in [1.165, 1.54) is 0 Å². The number of carbonyl (C=O) groups is 2. The number of piperidine rings is 1. The van der Waals surface area contributed by atoms with Crippen LogP contribution < -0.4 is 5.32 Å². The molecule has 1 N–H and O–H groups in total. The van der Waals surface area contributed by atoms with E-state index in [-0.39, 0.29) is 30.6 Å². The maximum atomic E-state index is 13.0. The molecular formula is C22H27N3O4. The molecule has 0 bridgehead atoms. The van der Waals surface area contributed by atoms with Gasteiger partial charge in [-0.25, -0.2) is 4.79 Å². The second-order valence-electron chi connectivity index (χ2n) is 6.98. The van der Waals surface area contributed by atoms with Gasteiger partial charge in [-0.1, -0.05) is 36.4 Å². The number of aromatic nitrogens is 1. The van der Waals surface area contributed by atoms with E-state index in [0.29, 0.717) is 32.5 Å². The lowest BCUT2D eigenvalue weighted by Gasteiger charge is -2.31. The Balaban J connectivity index is 1.59. The average Bonchev–Trinajstić information content (AvgIpc) is 2.78. The number of rotatable bonds is 7. The van der Waals surface area contributed by atoms with Gasteiger partial charge in [0.25, 0.3) is 0 Å². The molecule has 1 saturated heterocycles. The summed E-state index contributed by atoms with van der Waals surface area (Å²) in [5.74, 6) is -0.162. The lowest BCUT2D eigenvalue weighted by Crippen LogP contribution is -2.44. The Morgan fingerprint density at radius 1 is 1.10 bits per heavy atom. The molecule has 2 heterocycles. The van der Waals surface area contributed by atoms with Crippen LogP contribution in [0.1, 0.15) is 30.1 Å². The van der Waals surface area contributed by atoms with Crippen molar-refractivity contribution >= 4 is 12.0 Å². The van der Waals surface area contributed by atoms with Crippen LogP contribution in [0.5, 0.6) is 0 Å². The molecule has 1 fully saturated rings. The van der Waals surface area contributed by atoms with Crippen molar-refractivity contribution in [2.45, 2.75) is 18.9 Å². The van der Waals surface area contributed by atoms with Crippen LogP contribution in [-0.2, 0) is 14.3 Å². The number of likely N-dealkylation sites (tertiary alicyclic amines) is 1. The summed E-state index contributed by atoms with van der Waals surface area (Å²) in [7, 11) is 1.56. The topological polar surface area (TPSA) is 80.8 Å². The van der Waals surface area contributed by atoms with Crippen LogP contribution in [0, 0.1) is 5.92 Å². The van der Waals surface area contributed by atoms with Crippen LogP contribution >= 0.6 is 0 Å². The van der Waals surface area contributed by atoms with Crippen molar-refractivity contribution in [3.8, 4) is 0 Å². The van der Waals surface area contributed by atoms with Crippen molar-refractivity contribution < 1.29 is 19.1 Å². The van der Waals surface area contributed by atoms with Gasteiger partial charge in [0.2, 0.25) is 5.91 Å². The highest BCUT2D eigenvalue weighted by Gasteiger charge is 2.30. The maximum Gasteiger partial charge on any atom is 0.409 e. The van der Waals surface area contributed by atoms with Crippen molar-refractivity contribution in [3.05, 3.63) is 66.0 Å². The Kier molecular flexibility index (Phi) is 7.58. The van der Waals surface area contributed by atoms with Crippen LogP contribution in [0.4, 0.5) is 4.79 Å². The van der Waals surface area contributed by atoms with Crippen molar-refractivity contribution in [1.29, 1.82) is 0 Å². The normalized spacial score (nSPS) is 15.6. The zero-order chi connectivity index (χ0) is 20.5. The van der Waals surface area contributed by atoms with E-state index >= 15 is 0 Å². The zero-order valence-electron chi connectivity index (χ0n) is 16.6. The predicted molar refractivity (Wildman–Crippen MR) is 108 cm³/mol. The first-order valence-electron chi connectivity index (χ1n) is 9.86. The molecule has 0 spiro atoms. The molecule has 1 aliphatic rings. The van der Waals surface area contributed by atoms with Gasteiger partial charge in [-0.15, -0.1) is 0 Å². The smallest absolute Gasteiger partial charge is 0.409 e. The molecule has 154 valence electrons. The summed E-state index contributed by atoms with van der Waals surface area (Å²) in [4.78, 5) is 31.1. The number of ether oxygens (including phenoxy) is 2. The largest absolute Gasteiger partial charge is 0.447 e. The van der Waals surface area contributed by atoms with Gasteiger partial charge in [-0.05, 0) is 30.5 Å². The summed E-state index contributed by atoms with van der Waals surface area (Å²) >= 11 is 0. The minimum Gasteiger partial charge on any atom is -0.447 e. The first-order valence-corrected chi connectivity index (χ1v) is 9.86. The number of methoxy groups -OCH3 is 1. The highest BCUT2D eigenvalue weighted by atomic mass is 16.6. The summed E-state index contributed by atoms with van der Waals surface area (Å²) in [6.45, 7) is 1.62. The minimum absolute atomic E-state index is 0.0168. The first-order chi connectivity index (χ1) is 14.2. The number of nitrogens with zero attached hydrogens (tertiary/aromatic N) is 2. The molecule has 1 aromatic carbocycles. The summed E-state index contributed by atoms with van der Waals surface area (Å²) in [6.07, 6.45) is 2.59. The van der Waals surface area contributed by atoms with Gasteiger partial charge in [-0.3, -0.25) is 9.78 Å². The van der Waals surface area contributed by atoms with Crippen molar-refractivity contribution in [2.75, 3.05) is 33.4 Å². The second kappa shape index (κ2) is 10.6. The number of nitrogens with one attached hydrogen (secondary N) is 1. The predicted octanol–water partition coefficient (Wildman–Crippen LogP) is 2.78. The molecule has 1 unspecified atom stereocenters. The molecule has 2 aromatic rings. The number of benzene rings is 1. The molecule has 29 heavy (non-hydrogen) atoms. The molecule has 0 saturated carbocycles. The van der Waals surface area contributed by atoms with Gasteiger partial charge in [0.05, 0.1) is 18.3 Å². The fourth-order valence-electron chi connectivity index (χ4n) is 3.41. The summed E-state index contributed by atoms with van der Waals surface area (Å²) in [6, 6.07) is 15.2. The van der Waals surface area contributed by atoms with E-state index in [0.717, 1.165) is 11.3 Å². The number of carbonyl (C=O) groups excluding carboxylic acids is 2. The molecule has 0 radical (unpaired) electrons. The second-order valence-corrected chi connectivity index (χ2v) is 6.98. The van der Waals surface area contributed by atoms with Crippen LogP contribution in [0.3, 0.4) is 0 Å². The van der Waals surface area contributed by atoms with Crippen molar-refractivity contribution in [3.63, 3.8) is 0 Å². The maximum absolute atomic E-state index is 13.0. The third kappa shape index (κ3) is 5.77. The van der Waals surface area contributed by atoms with Gasteiger partial charge >= 0.3 is 6.09 Å². The summed E-state index contributed by atoms with van der Waals surface area (Å²) < 4.78 is 10.0. The fraction of sp³-hybridized carbons (Fsp3) is 0.409. The Labute approximate surface area is 171 Å². The first kappa shape index (κ1) is 20.8. The standard InChI is InChI=1S/C22H27N3O4/c1-28-15-16-29-22(27)25-13-10-18(11-14-25)21(26)24-20(17-7-3-2-4-8-17)19-9-5-6-12-23-19/h2-9,12,18,20H,10-11,13-16H2,1H3,(H,24,26). The molecule has 0 aliphatic carbocycles. The molecule has 1 atom stereocenters. The lowest BCUT2D eigenvalue weighted by molar-refractivity contribution is -0.126. The highest BCUT2D eigenvalue weighted by Crippen LogP contribution is 2.23. The van der Waals surface area contributed by atoms with E-state index in [2.05, 4.69) is 10.3 Å². The highest BCUT2D eigenvalue weighted by molar-refractivity contribution is 5.80. The van der Waals surface area contributed by atoms with E-state index in [4.69, 9.17) is 9.47 Å². The molecule has 1 aromatic heterocycles. The Hall–Kier alpha value is -2.93. The van der Waals surface area contributed by atoms with Crippen molar-refractivity contribution in [1.82, 2.24) is 15.2 Å². The summed E-state index contributed by atoms with van der Waals surface area (Å²) in [5, 5.41) is 3.15. The Morgan fingerprint density at radius 3 is 2.48 bits per heavy atom. The molecular weight excluding hydrogens is 370 g/mol. The van der Waals surface area contributed by atoms with Crippen LogP contribution in [0.2, 0.25) is 0 Å². The molecule has 7 nitrogen and oxygen atoms in total. The number of hydrogen-bond acceptors (Lipinski definition) is 5. The van der Waals surface area contributed by atoms with Crippen LogP contribution in [0.25, 0.3) is 0 Å². The third-order valence-electron chi connectivity index (χ3n) is 5.04. The molecule has 3 rings (SSSR count). The average molecular weight is 397 g/mol. The van der Waals surface area contributed by atoms with Gasteiger partial charge in [-0.2, -0.15) is 0 Å². The van der Waals surface area contributed by atoms with Crippen LogP contribution in [0.15, 0.2) is 54.7 Å². The third-order valence-corrected chi connectivity index (χ3v) is 5.04. The zero-order valence-corrected chi connectivity index (χ0v) is 16.6. The van der Waals surface area contributed by atoms with Gasteiger partial charge < -0.3 is 19.7 Å². The number of amides is 2. The number of pyridine rings is 1. The Bertz CT molecular complexity index is 738. The number of hydrogen-bond donors (Lipinski definition) is 1. The summed E-state index contributed by atoms with van der Waals surface area (Å²) in [5.41, 5.74) is 1.78. The molecule has 1 aliphatic heterocycles. The SMILES string of the molecule is COCCOC(=O)N1CCC(C(=O)NC(c2ccccc2)c2ccccn2)CC1.